The number of hydrogen-bond acceptors (Lipinski definition) is 4. The molecular weight excluding hydrogens is 332 g/mol. The van der Waals surface area contributed by atoms with Crippen LogP contribution in [0.15, 0.2) is 22.8 Å². The lowest BCUT2D eigenvalue weighted by atomic mass is 9.95. The van der Waals surface area contributed by atoms with Gasteiger partial charge in [0.15, 0.2) is 0 Å². The molecule has 2 fully saturated rings. The molecule has 0 bridgehead atoms. The van der Waals surface area contributed by atoms with Crippen LogP contribution in [0.5, 0.6) is 0 Å². The van der Waals surface area contributed by atoms with Crippen LogP contribution in [0.4, 0.5) is 4.79 Å². The minimum absolute atomic E-state index is 0.00756. The number of amides is 3. The topological polar surface area (TPSA) is 77.8 Å². The largest absolute Gasteiger partial charge is 0.467 e. The lowest BCUT2D eigenvalue weighted by Crippen LogP contribution is -2.58. The Labute approximate surface area is 155 Å². The Morgan fingerprint density at radius 1 is 1.19 bits per heavy atom. The number of nitrogens with zero attached hydrogens (tertiary/aromatic N) is 2. The molecule has 1 saturated carbocycles. The highest BCUT2D eigenvalue weighted by Gasteiger charge is 2.37. The van der Waals surface area contributed by atoms with Crippen LogP contribution in [-0.2, 0) is 11.3 Å². The summed E-state index contributed by atoms with van der Waals surface area (Å²) >= 11 is 0. The number of carbonyl (C=O) groups excluding carboxylic acids is 2. The Balaban J connectivity index is 1.59. The number of hydrogen-bond donors (Lipinski definition) is 2. The molecule has 1 aliphatic heterocycles. The van der Waals surface area contributed by atoms with Crippen molar-refractivity contribution in [3.8, 4) is 0 Å². The smallest absolute Gasteiger partial charge is 0.317 e. The van der Waals surface area contributed by atoms with E-state index in [0.717, 1.165) is 31.7 Å². The highest BCUT2D eigenvalue weighted by Crippen LogP contribution is 2.31. The number of nitrogens with one attached hydrogen (secondary N) is 2. The summed E-state index contributed by atoms with van der Waals surface area (Å²) in [5.41, 5.74) is 0. The molecular formula is C19H30N4O3. The van der Waals surface area contributed by atoms with E-state index in [1.165, 1.54) is 12.8 Å². The molecule has 0 radical (unpaired) electrons. The Hall–Kier alpha value is -2.02. The van der Waals surface area contributed by atoms with Crippen molar-refractivity contribution in [2.24, 2.45) is 5.92 Å². The molecule has 1 aromatic heterocycles. The zero-order valence-electron chi connectivity index (χ0n) is 15.6. The van der Waals surface area contributed by atoms with Crippen molar-refractivity contribution in [1.29, 1.82) is 0 Å². The fourth-order valence-corrected chi connectivity index (χ4v) is 4.11. The number of rotatable bonds is 6. The maximum atomic E-state index is 13.0. The van der Waals surface area contributed by atoms with Gasteiger partial charge in [-0.1, -0.05) is 12.8 Å². The van der Waals surface area contributed by atoms with E-state index in [0.29, 0.717) is 32.1 Å². The van der Waals surface area contributed by atoms with Crippen molar-refractivity contribution >= 4 is 11.9 Å². The molecule has 3 amide bonds. The first-order valence-corrected chi connectivity index (χ1v) is 9.76. The van der Waals surface area contributed by atoms with E-state index in [1.807, 2.05) is 24.0 Å². The standard InChI is InChI=1S/C19H30N4O3/c1-2-20-19(25)23-11-9-22(10-12-23)17(15-6-3-4-7-15)18(24)21-14-16-8-5-13-26-16/h5,8,13,15,17H,2-4,6-7,9-12,14H2,1H3,(H,20,25)(H,21,24)/t17-/m0/s1. The summed E-state index contributed by atoms with van der Waals surface area (Å²) in [6.45, 7) is 5.81. The Kier molecular flexibility index (Phi) is 6.55. The van der Waals surface area contributed by atoms with E-state index in [2.05, 4.69) is 15.5 Å². The van der Waals surface area contributed by atoms with Crippen LogP contribution >= 0.6 is 0 Å². The van der Waals surface area contributed by atoms with Gasteiger partial charge >= 0.3 is 6.03 Å². The molecule has 3 rings (SSSR count). The minimum atomic E-state index is -0.108. The Morgan fingerprint density at radius 2 is 1.92 bits per heavy atom. The molecule has 1 aliphatic carbocycles. The molecule has 2 aliphatic rings. The van der Waals surface area contributed by atoms with Gasteiger partial charge in [0.1, 0.15) is 5.76 Å². The Bertz CT molecular complexity index is 576. The van der Waals surface area contributed by atoms with Gasteiger partial charge in [0.25, 0.3) is 0 Å². The van der Waals surface area contributed by atoms with E-state index in [-0.39, 0.29) is 18.0 Å². The van der Waals surface area contributed by atoms with Crippen molar-refractivity contribution in [2.45, 2.75) is 45.2 Å². The summed E-state index contributed by atoms with van der Waals surface area (Å²) in [7, 11) is 0. The van der Waals surface area contributed by atoms with Crippen LogP contribution in [-0.4, -0.2) is 60.5 Å². The van der Waals surface area contributed by atoms with Gasteiger partial charge in [-0.15, -0.1) is 0 Å². The first-order valence-electron chi connectivity index (χ1n) is 9.76. The molecule has 2 N–H and O–H groups in total. The average Bonchev–Trinajstić information content (AvgIpc) is 3.35. The fraction of sp³-hybridized carbons (Fsp3) is 0.684. The highest BCUT2D eigenvalue weighted by molar-refractivity contribution is 5.82. The normalized spacial score (nSPS) is 20.1. The summed E-state index contributed by atoms with van der Waals surface area (Å²) in [4.78, 5) is 29.1. The first-order chi connectivity index (χ1) is 12.7. The van der Waals surface area contributed by atoms with Gasteiger partial charge < -0.3 is 20.0 Å². The average molecular weight is 362 g/mol. The summed E-state index contributed by atoms with van der Waals surface area (Å²) in [6, 6.07) is 3.59. The van der Waals surface area contributed by atoms with Gasteiger partial charge in [0.2, 0.25) is 5.91 Å². The van der Waals surface area contributed by atoms with Gasteiger partial charge in [0.05, 0.1) is 18.8 Å². The molecule has 1 atom stereocenters. The molecule has 144 valence electrons. The quantitative estimate of drug-likeness (QED) is 0.809. The van der Waals surface area contributed by atoms with Crippen LogP contribution in [0.2, 0.25) is 0 Å². The Morgan fingerprint density at radius 3 is 2.54 bits per heavy atom. The van der Waals surface area contributed by atoms with E-state index >= 15 is 0 Å². The predicted molar refractivity (Wildman–Crippen MR) is 98.5 cm³/mol. The van der Waals surface area contributed by atoms with Gasteiger partial charge in [-0.25, -0.2) is 4.79 Å². The number of carbonyl (C=O) groups is 2. The lowest BCUT2D eigenvalue weighted by molar-refractivity contribution is -0.129. The van der Waals surface area contributed by atoms with Gasteiger partial charge in [-0.05, 0) is 37.8 Å². The molecule has 26 heavy (non-hydrogen) atoms. The van der Waals surface area contributed by atoms with E-state index in [4.69, 9.17) is 4.42 Å². The molecule has 0 spiro atoms. The summed E-state index contributed by atoms with van der Waals surface area (Å²) in [5.74, 6) is 1.26. The van der Waals surface area contributed by atoms with Gasteiger partial charge in [-0.2, -0.15) is 0 Å². The number of furan rings is 1. The molecule has 7 nitrogen and oxygen atoms in total. The first kappa shape index (κ1) is 18.8. The van der Waals surface area contributed by atoms with Crippen LogP contribution in [0.3, 0.4) is 0 Å². The van der Waals surface area contributed by atoms with Crippen LogP contribution in [0.25, 0.3) is 0 Å². The monoisotopic (exact) mass is 362 g/mol. The van der Waals surface area contributed by atoms with Crippen molar-refractivity contribution in [3.63, 3.8) is 0 Å². The number of urea groups is 1. The van der Waals surface area contributed by atoms with Crippen LogP contribution in [0, 0.1) is 5.92 Å². The molecule has 0 aromatic carbocycles. The van der Waals surface area contributed by atoms with Crippen molar-refractivity contribution in [2.75, 3.05) is 32.7 Å². The SMILES string of the molecule is CCNC(=O)N1CCN([C@H](C(=O)NCc2ccco2)C2CCCC2)CC1. The maximum Gasteiger partial charge on any atom is 0.317 e. The third-order valence-electron chi connectivity index (χ3n) is 5.45. The molecule has 1 saturated heterocycles. The van der Waals surface area contributed by atoms with E-state index in [9.17, 15) is 9.59 Å². The maximum absolute atomic E-state index is 13.0. The summed E-state index contributed by atoms with van der Waals surface area (Å²) < 4.78 is 5.32. The predicted octanol–water partition coefficient (Wildman–Crippen LogP) is 1.80. The molecule has 7 heteroatoms. The van der Waals surface area contributed by atoms with Gasteiger partial charge in [0, 0.05) is 32.7 Å². The molecule has 2 heterocycles. The highest BCUT2D eigenvalue weighted by atomic mass is 16.3. The second-order valence-corrected chi connectivity index (χ2v) is 7.15. The van der Waals surface area contributed by atoms with Gasteiger partial charge in [-0.3, -0.25) is 9.69 Å². The second-order valence-electron chi connectivity index (χ2n) is 7.15. The minimum Gasteiger partial charge on any atom is -0.467 e. The third-order valence-corrected chi connectivity index (χ3v) is 5.45. The van der Waals surface area contributed by atoms with E-state index in [1.54, 1.807) is 6.26 Å². The third kappa shape index (κ3) is 4.58. The fourth-order valence-electron chi connectivity index (χ4n) is 4.11. The second kappa shape index (κ2) is 9.07. The zero-order chi connectivity index (χ0) is 18.4. The zero-order valence-corrected chi connectivity index (χ0v) is 15.6. The lowest BCUT2D eigenvalue weighted by Gasteiger charge is -2.40. The number of piperazine rings is 1. The van der Waals surface area contributed by atoms with Crippen molar-refractivity contribution in [3.05, 3.63) is 24.2 Å². The van der Waals surface area contributed by atoms with Crippen LogP contribution < -0.4 is 10.6 Å². The van der Waals surface area contributed by atoms with Crippen LogP contribution in [0.1, 0.15) is 38.4 Å². The molecule has 0 unspecified atom stereocenters. The molecule has 1 aromatic rings. The van der Waals surface area contributed by atoms with Crippen molar-refractivity contribution < 1.29 is 14.0 Å². The summed E-state index contributed by atoms with van der Waals surface area (Å²) in [5, 5.41) is 5.90. The summed E-state index contributed by atoms with van der Waals surface area (Å²) in [6.07, 6.45) is 6.23. The van der Waals surface area contributed by atoms with E-state index < -0.39 is 0 Å². The van der Waals surface area contributed by atoms with Crippen molar-refractivity contribution in [1.82, 2.24) is 20.4 Å².